The summed E-state index contributed by atoms with van der Waals surface area (Å²) in [4.78, 5) is 14.9. The first-order valence-corrected chi connectivity index (χ1v) is 9.37. The summed E-state index contributed by atoms with van der Waals surface area (Å²) in [5.41, 5.74) is 3.58. The van der Waals surface area contributed by atoms with E-state index in [-0.39, 0.29) is 11.9 Å². The summed E-state index contributed by atoms with van der Waals surface area (Å²) in [5, 5.41) is 11.2. The molecule has 5 rings (SSSR count). The maximum absolute atomic E-state index is 12.6. The fraction of sp³-hybridized carbons (Fsp3) is 0.190. The number of anilines is 1. The van der Waals surface area contributed by atoms with Gasteiger partial charge in [-0.15, -0.1) is 5.10 Å². The Morgan fingerprint density at radius 1 is 1.04 bits per heavy atom. The molecule has 0 bridgehead atoms. The zero-order chi connectivity index (χ0) is 18.9. The van der Waals surface area contributed by atoms with Crippen molar-refractivity contribution in [3.8, 4) is 5.69 Å². The molecule has 1 N–H and O–H groups in total. The third-order valence-corrected chi connectivity index (χ3v) is 5.15. The van der Waals surface area contributed by atoms with Crippen molar-refractivity contribution in [1.82, 2.24) is 24.7 Å². The molecule has 1 fully saturated rings. The molecule has 4 heterocycles. The molecule has 1 atom stereocenters. The average Bonchev–Trinajstić information content (AvgIpc) is 3.48. The van der Waals surface area contributed by atoms with Crippen molar-refractivity contribution < 1.29 is 4.79 Å². The van der Waals surface area contributed by atoms with Crippen molar-refractivity contribution in [2.75, 3.05) is 18.0 Å². The molecule has 1 aromatic carbocycles. The van der Waals surface area contributed by atoms with Gasteiger partial charge in [0.2, 0.25) is 0 Å². The Kier molecular flexibility index (Phi) is 4.05. The van der Waals surface area contributed by atoms with Gasteiger partial charge in [-0.1, -0.05) is 23.4 Å². The van der Waals surface area contributed by atoms with Gasteiger partial charge in [0, 0.05) is 31.5 Å². The fourth-order valence-corrected chi connectivity index (χ4v) is 3.75. The highest BCUT2D eigenvalue weighted by molar-refractivity contribution is 5.92. The van der Waals surface area contributed by atoms with Gasteiger partial charge in [-0.25, -0.2) is 4.68 Å². The molecule has 0 aliphatic carbocycles. The van der Waals surface area contributed by atoms with E-state index in [2.05, 4.69) is 43.1 Å². The molecule has 1 saturated heterocycles. The highest BCUT2D eigenvalue weighted by Gasteiger charge is 2.26. The Hall–Kier alpha value is -3.61. The highest BCUT2D eigenvalue weighted by atomic mass is 16.2. The van der Waals surface area contributed by atoms with Crippen LogP contribution in [0.2, 0.25) is 0 Å². The molecular weight excluding hydrogens is 352 g/mol. The Morgan fingerprint density at radius 3 is 2.71 bits per heavy atom. The van der Waals surface area contributed by atoms with Gasteiger partial charge >= 0.3 is 0 Å². The Labute approximate surface area is 162 Å². The predicted molar refractivity (Wildman–Crippen MR) is 107 cm³/mol. The predicted octanol–water partition coefficient (Wildman–Crippen LogP) is 2.53. The van der Waals surface area contributed by atoms with Gasteiger partial charge in [0.1, 0.15) is 0 Å². The second-order valence-electron chi connectivity index (χ2n) is 6.98. The van der Waals surface area contributed by atoms with Crippen LogP contribution < -0.4 is 10.2 Å². The summed E-state index contributed by atoms with van der Waals surface area (Å²) < 4.78 is 3.73. The van der Waals surface area contributed by atoms with Gasteiger partial charge in [0.25, 0.3) is 5.91 Å². The van der Waals surface area contributed by atoms with Crippen molar-refractivity contribution in [2.24, 2.45) is 0 Å². The first kappa shape index (κ1) is 16.6. The van der Waals surface area contributed by atoms with E-state index in [4.69, 9.17) is 0 Å². The number of rotatable bonds is 4. The van der Waals surface area contributed by atoms with Gasteiger partial charge in [-0.3, -0.25) is 4.79 Å². The number of benzene rings is 1. The summed E-state index contributed by atoms with van der Waals surface area (Å²) in [7, 11) is 0. The lowest BCUT2D eigenvalue weighted by molar-refractivity contribution is 0.0935. The van der Waals surface area contributed by atoms with Gasteiger partial charge in [-0.05, 0) is 42.8 Å². The molecule has 4 aromatic rings. The van der Waals surface area contributed by atoms with Gasteiger partial charge in [0.15, 0.2) is 5.69 Å². The van der Waals surface area contributed by atoms with Gasteiger partial charge < -0.3 is 14.6 Å². The molecule has 1 aliphatic rings. The van der Waals surface area contributed by atoms with E-state index < -0.39 is 0 Å². The van der Waals surface area contributed by atoms with E-state index in [0.29, 0.717) is 5.69 Å². The minimum atomic E-state index is -0.185. The molecule has 7 nitrogen and oxygen atoms in total. The first-order valence-electron chi connectivity index (χ1n) is 9.37. The van der Waals surface area contributed by atoms with Crippen LogP contribution in [0, 0.1) is 0 Å². The smallest absolute Gasteiger partial charge is 0.273 e. The number of aromatic nitrogens is 4. The van der Waals surface area contributed by atoms with E-state index in [9.17, 15) is 4.79 Å². The van der Waals surface area contributed by atoms with E-state index in [0.717, 1.165) is 25.2 Å². The second-order valence-corrected chi connectivity index (χ2v) is 6.98. The van der Waals surface area contributed by atoms with Crippen molar-refractivity contribution in [1.29, 1.82) is 0 Å². The lowest BCUT2D eigenvalue weighted by atomic mass is 10.2. The molecular formula is C21H20N6O. The molecule has 0 spiro atoms. The van der Waals surface area contributed by atoms with Crippen molar-refractivity contribution >= 4 is 17.1 Å². The topological polar surface area (TPSA) is 67.5 Å². The van der Waals surface area contributed by atoms with Crippen LogP contribution in [0.3, 0.4) is 0 Å². The standard InChI is InChI=1S/C21H20N6O/c28-21(18-15-27(24-23-18)17-6-2-1-3-7-17)22-16-10-13-26(14-16)20-9-5-12-25-11-4-8-19(20)25/h1-9,11-12,15-16H,10,13-14H2,(H,22,28)/t16-/m0/s1. The number of carbonyl (C=O) groups excluding carboxylic acids is 1. The zero-order valence-corrected chi connectivity index (χ0v) is 15.3. The largest absolute Gasteiger partial charge is 0.368 e. The lowest BCUT2D eigenvalue weighted by Gasteiger charge is -2.20. The Bertz CT molecular complexity index is 1120. The lowest BCUT2D eigenvalue weighted by Crippen LogP contribution is -2.37. The quantitative estimate of drug-likeness (QED) is 0.598. The van der Waals surface area contributed by atoms with Crippen LogP contribution in [0.5, 0.6) is 0 Å². The SMILES string of the molecule is O=C(N[C@H]1CCN(c2cccn3cccc23)C1)c1cn(-c2ccccc2)nn1. The molecule has 1 amide bonds. The van der Waals surface area contributed by atoms with Crippen LogP contribution in [0.15, 0.2) is 73.2 Å². The Morgan fingerprint density at radius 2 is 1.86 bits per heavy atom. The zero-order valence-electron chi connectivity index (χ0n) is 15.3. The molecule has 0 radical (unpaired) electrons. The number of para-hydroxylation sites is 1. The number of hydrogen-bond acceptors (Lipinski definition) is 4. The monoisotopic (exact) mass is 372 g/mol. The molecule has 140 valence electrons. The van der Waals surface area contributed by atoms with Gasteiger partial charge in [0.05, 0.1) is 23.1 Å². The fourth-order valence-electron chi connectivity index (χ4n) is 3.75. The number of amides is 1. The number of fused-ring (bicyclic) bond motifs is 1. The van der Waals surface area contributed by atoms with E-state index in [1.807, 2.05) is 48.8 Å². The summed E-state index contributed by atoms with van der Waals surface area (Å²) in [5.74, 6) is -0.185. The highest BCUT2D eigenvalue weighted by Crippen LogP contribution is 2.25. The average molecular weight is 372 g/mol. The second kappa shape index (κ2) is 6.84. The minimum absolute atomic E-state index is 0.0876. The van der Waals surface area contributed by atoms with Crippen LogP contribution in [0.1, 0.15) is 16.9 Å². The van der Waals surface area contributed by atoms with E-state index in [1.54, 1.807) is 10.9 Å². The Balaban J connectivity index is 1.27. The van der Waals surface area contributed by atoms with Crippen LogP contribution >= 0.6 is 0 Å². The van der Waals surface area contributed by atoms with Crippen molar-refractivity contribution in [3.63, 3.8) is 0 Å². The number of hydrogen-bond donors (Lipinski definition) is 1. The summed E-state index contributed by atoms with van der Waals surface area (Å²) in [6.07, 6.45) is 6.66. The summed E-state index contributed by atoms with van der Waals surface area (Å²) >= 11 is 0. The van der Waals surface area contributed by atoms with Crippen molar-refractivity contribution in [3.05, 3.63) is 78.9 Å². The third kappa shape index (κ3) is 3.00. The molecule has 3 aromatic heterocycles. The number of pyridine rings is 1. The maximum atomic E-state index is 12.6. The summed E-state index contributed by atoms with van der Waals surface area (Å²) in [6, 6.07) is 18.1. The van der Waals surface area contributed by atoms with E-state index in [1.165, 1.54) is 11.2 Å². The number of nitrogens with one attached hydrogen (secondary N) is 1. The molecule has 0 saturated carbocycles. The number of nitrogens with zero attached hydrogens (tertiary/aromatic N) is 5. The molecule has 28 heavy (non-hydrogen) atoms. The van der Waals surface area contributed by atoms with Crippen LogP contribution in [0.25, 0.3) is 11.2 Å². The van der Waals surface area contributed by atoms with E-state index >= 15 is 0 Å². The minimum Gasteiger partial charge on any atom is -0.368 e. The first-order chi connectivity index (χ1) is 13.8. The normalized spacial score (nSPS) is 16.6. The van der Waals surface area contributed by atoms with Crippen LogP contribution in [0.4, 0.5) is 5.69 Å². The van der Waals surface area contributed by atoms with Crippen LogP contribution in [-0.2, 0) is 0 Å². The molecule has 7 heteroatoms. The van der Waals surface area contributed by atoms with Crippen molar-refractivity contribution in [2.45, 2.75) is 12.5 Å². The third-order valence-electron chi connectivity index (χ3n) is 5.15. The molecule has 0 unspecified atom stereocenters. The van der Waals surface area contributed by atoms with Gasteiger partial charge in [-0.2, -0.15) is 0 Å². The maximum Gasteiger partial charge on any atom is 0.273 e. The summed E-state index contributed by atoms with van der Waals surface area (Å²) in [6.45, 7) is 1.69. The molecule has 1 aliphatic heterocycles. The number of carbonyl (C=O) groups is 1. The van der Waals surface area contributed by atoms with Crippen LogP contribution in [-0.4, -0.2) is 44.4 Å².